The third-order valence-electron chi connectivity index (χ3n) is 5.96. The molecule has 208 valence electrons. The van der Waals surface area contributed by atoms with Crippen LogP contribution in [-0.2, 0) is 32.6 Å². The summed E-state index contributed by atoms with van der Waals surface area (Å²) in [7, 11) is -3.90. The molecule has 1 N–H and O–H groups in total. The summed E-state index contributed by atoms with van der Waals surface area (Å²) < 4.78 is 27.5. The molecule has 0 saturated carbocycles. The molecule has 0 heterocycles. The molecule has 7 nitrogen and oxygen atoms in total. The lowest BCUT2D eigenvalue weighted by Gasteiger charge is -2.33. The molecule has 2 amide bonds. The summed E-state index contributed by atoms with van der Waals surface area (Å²) in [5.41, 5.74) is 1.85. The molecule has 0 aliphatic rings. The summed E-state index contributed by atoms with van der Waals surface area (Å²) in [6.45, 7) is 1.96. The van der Waals surface area contributed by atoms with E-state index in [0.29, 0.717) is 6.54 Å². The number of hydrogen-bond acceptors (Lipinski definition) is 4. The smallest absolute Gasteiger partial charge is 0.244 e. The van der Waals surface area contributed by atoms with Crippen LogP contribution in [0.15, 0.2) is 77.3 Å². The largest absolute Gasteiger partial charge is 0.354 e. The van der Waals surface area contributed by atoms with Gasteiger partial charge in [-0.15, -0.1) is 0 Å². The molecule has 0 radical (unpaired) electrons. The number of amides is 2. The maximum absolute atomic E-state index is 14.0. The molecule has 0 bridgehead atoms. The predicted molar refractivity (Wildman–Crippen MR) is 161 cm³/mol. The summed E-state index contributed by atoms with van der Waals surface area (Å²) in [6.07, 6.45) is 1.99. The lowest BCUT2D eigenvalue weighted by Crippen LogP contribution is -2.53. The van der Waals surface area contributed by atoms with Crippen molar-refractivity contribution < 1.29 is 18.0 Å². The summed E-state index contributed by atoms with van der Waals surface area (Å²) in [5.74, 6) is -0.853. The lowest BCUT2D eigenvalue weighted by molar-refractivity contribution is -0.140. The number of anilines is 1. The Morgan fingerprint density at radius 2 is 1.62 bits per heavy atom. The highest BCUT2D eigenvalue weighted by Crippen LogP contribution is 2.29. The summed E-state index contributed by atoms with van der Waals surface area (Å²) in [5, 5.41) is 3.32. The van der Waals surface area contributed by atoms with Gasteiger partial charge in [-0.25, -0.2) is 8.42 Å². The molecule has 0 saturated heterocycles. The Morgan fingerprint density at radius 1 is 0.949 bits per heavy atom. The van der Waals surface area contributed by atoms with E-state index in [0.717, 1.165) is 32.6 Å². The minimum Gasteiger partial charge on any atom is -0.354 e. The van der Waals surface area contributed by atoms with E-state index < -0.39 is 28.5 Å². The van der Waals surface area contributed by atoms with E-state index in [1.165, 1.54) is 23.1 Å². The highest BCUT2D eigenvalue weighted by atomic mass is 79.9. The molecule has 3 rings (SSSR count). The van der Waals surface area contributed by atoms with Gasteiger partial charge in [0.15, 0.2) is 0 Å². The van der Waals surface area contributed by atoms with E-state index in [-0.39, 0.29) is 34.6 Å². The fourth-order valence-corrected chi connectivity index (χ4v) is 5.36. The van der Waals surface area contributed by atoms with Crippen molar-refractivity contribution in [2.45, 2.75) is 32.4 Å². The first-order chi connectivity index (χ1) is 18.5. The molecule has 0 aromatic heterocycles. The van der Waals surface area contributed by atoms with Crippen LogP contribution >= 0.6 is 39.1 Å². The van der Waals surface area contributed by atoms with Crippen LogP contribution in [0, 0.1) is 0 Å². The van der Waals surface area contributed by atoms with Gasteiger partial charge in [0.05, 0.1) is 22.0 Å². The molecule has 0 aliphatic carbocycles. The van der Waals surface area contributed by atoms with Crippen LogP contribution < -0.4 is 9.62 Å². The molecule has 0 aliphatic heterocycles. The molecule has 11 heteroatoms. The van der Waals surface area contributed by atoms with Gasteiger partial charge in [-0.3, -0.25) is 13.9 Å². The second-order valence-corrected chi connectivity index (χ2v) is 12.6. The number of benzene rings is 3. The van der Waals surface area contributed by atoms with E-state index in [9.17, 15) is 18.0 Å². The van der Waals surface area contributed by atoms with Crippen LogP contribution in [-0.4, -0.2) is 50.5 Å². The maximum Gasteiger partial charge on any atom is 0.244 e. The minimum absolute atomic E-state index is 0.0993. The monoisotopic (exact) mass is 653 g/mol. The fourth-order valence-electron chi connectivity index (χ4n) is 3.96. The zero-order chi connectivity index (χ0) is 28.6. The molecule has 1 atom stereocenters. The molecule has 39 heavy (non-hydrogen) atoms. The first-order valence-corrected chi connectivity index (χ1v) is 15.7. The number of carbonyl (C=O) groups is 2. The summed E-state index contributed by atoms with van der Waals surface area (Å²) in [4.78, 5) is 28.9. The van der Waals surface area contributed by atoms with Gasteiger partial charge in [0.2, 0.25) is 21.8 Å². The normalized spacial score (nSPS) is 12.0. The third-order valence-corrected chi connectivity index (χ3v) is 8.37. The standard InChI is InChI=1S/C28H30BrCl2N3O4S/c1-3-15-32-28(36)26(16-20-7-5-4-6-8-20)33(18-21-9-11-22(29)12-10-21)27(35)19-34(39(2,37)38)23-13-14-24(30)25(31)17-23/h4-14,17,26H,3,15-16,18-19H2,1-2H3,(H,32,36)/t26-/m0/s1. The summed E-state index contributed by atoms with van der Waals surface area (Å²) >= 11 is 15.6. The number of rotatable bonds is 12. The number of sulfonamides is 1. The zero-order valence-corrected chi connectivity index (χ0v) is 25.5. The number of nitrogens with zero attached hydrogens (tertiary/aromatic N) is 2. The third kappa shape index (κ3) is 8.96. The van der Waals surface area contributed by atoms with E-state index in [4.69, 9.17) is 23.2 Å². The molecular weight excluding hydrogens is 625 g/mol. The number of halogens is 3. The molecule has 3 aromatic carbocycles. The van der Waals surface area contributed by atoms with Crippen LogP contribution in [0.4, 0.5) is 5.69 Å². The second-order valence-electron chi connectivity index (χ2n) is 9.01. The average molecular weight is 655 g/mol. The number of hydrogen-bond donors (Lipinski definition) is 1. The van der Waals surface area contributed by atoms with E-state index in [1.54, 1.807) is 0 Å². The van der Waals surface area contributed by atoms with Crippen molar-refractivity contribution in [1.82, 2.24) is 10.2 Å². The maximum atomic E-state index is 14.0. The minimum atomic E-state index is -3.90. The van der Waals surface area contributed by atoms with Crippen molar-refractivity contribution in [1.29, 1.82) is 0 Å². The predicted octanol–water partition coefficient (Wildman–Crippen LogP) is 5.69. The van der Waals surface area contributed by atoms with Crippen LogP contribution in [0.2, 0.25) is 10.0 Å². The van der Waals surface area contributed by atoms with Gasteiger partial charge in [-0.05, 0) is 47.9 Å². The first kappa shape index (κ1) is 30.9. The van der Waals surface area contributed by atoms with Gasteiger partial charge in [0, 0.05) is 24.0 Å². The molecular formula is C28H30BrCl2N3O4S. The van der Waals surface area contributed by atoms with E-state index >= 15 is 0 Å². The Morgan fingerprint density at radius 3 is 2.21 bits per heavy atom. The second kappa shape index (κ2) is 14.2. The Balaban J connectivity index is 2.04. The van der Waals surface area contributed by atoms with E-state index in [1.807, 2.05) is 61.5 Å². The molecule has 3 aromatic rings. The molecule has 0 spiro atoms. The molecule has 0 fully saturated rings. The highest BCUT2D eigenvalue weighted by Gasteiger charge is 2.33. The Hall–Kier alpha value is -2.59. The van der Waals surface area contributed by atoms with Crippen molar-refractivity contribution in [3.63, 3.8) is 0 Å². The van der Waals surface area contributed by atoms with Crippen molar-refractivity contribution in [2.75, 3.05) is 23.7 Å². The van der Waals surface area contributed by atoms with Gasteiger partial charge in [0.25, 0.3) is 0 Å². The topological polar surface area (TPSA) is 86.8 Å². The van der Waals surface area contributed by atoms with Gasteiger partial charge in [-0.2, -0.15) is 0 Å². The van der Waals surface area contributed by atoms with Crippen molar-refractivity contribution in [3.8, 4) is 0 Å². The van der Waals surface area contributed by atoms with Crippen LogP contribution in [0.1, 0.15) is 24.5 Å². The SMILES string of the molecule is CCCNC(=O)[C@H](Cc1ccccc1)N(Cc1ccc(Br)cc1)C(=O)CN(c1ccc(Cl)c(Cl)c1)S(C)(=O)=O. The Labute approximate surface area is 248 Å². The molecule has 0 unspecified atom stereocenters. The van der Waals surface area contributed by atoms with Crippen LogP contribution in [0.3, 0.4) is 0 Å². The van der Waals surface area contributed by atoms with Gasteiger partial charge < -0.3 is 10.2 Å². The van der Waals surface area contributed by atoms with Gasteiger partial charge in [0.1, 0.15) is 12.6 Å². The van der Waals surface area contributed by atoms with Crippen LogP contribution in [0.5, 0.6) is 0 Å². The van der Waals surface area contributed by atoms with Crippen molar-refractivity contribution in [3.05, 3.63) is 98.4 Å². The van der Waals surface area contributed by atoms with Gasteiger partial charge in [-0.1, -0.05) is 88.5 Å². The number of nitrogens with one attached hydrogen (secondary N) is 1. The first-order valence-electron chi connectivity index (χ1n) is 12.3. The van der Waals surface area contributed by atoms with Gasteiger partial charge >= 0.3 is 0 Å². The Bertz CT molecular complexity index is 1390. The van der Waals surface area contributed by atoms with E-state index in [2.05, 4.69) is 21.2 Å². The fraction of sp³-hybridized carbons (Fsp3) is 0.286. The average Bonchev–Trinajstić information content (AvgIpc) is 2.90. The van der Waals surface area contributed by atoms with Crippen molar-refractivity contribution in [2.24, 2.45) is 0 Å². The lowest BCUT2D eigenvalue weighted by atomic mass is 10.0. The van der Waals surface area contributed by atoms with Crippen molar-refractivity contribution >= 4 is 66.7 Å². The zero-order valence-electron chi connectivity index (χ0n) is 21.6. The summed E-state index contributed by atoms with van der Waals surface area (Å²) in [6, 6.07) is 20.2. The quantitative estimate of drug-likeness (QED) is 0.272. The Kier molecular flexibility index (Phi) is 11.2. The van der Waals surface area contributed by atoms with Crippen LogP contribution in [0.25, 0.3) is 0 Å². The number of carbonyl (C=O) groups excluding carboxylic acids is 2. The highest BCUT2D eigenvalue weighted by molar-refractivity contribution is 9.10.